The molecular formula is C21H29N3O3. The molecule has 0 spiro atoms. The third-order valence-electron chi connectivity index (χ3n) is 3.63. The van der Waals surface area contributed by atoms with Gasteiger partial charge >= 0.3 is 0 Å². The van der Waals surface area contributed by atoms with Crippen LogP contribution in [0.5, 0.6) is 11.5 Å². The number of guanidine groups is 1. The van der Waals surface area contributed by atoms with Gasteiger partial charge in [-0.1, -0.05) is 30.3 Å². The van der Waals surface area contributed by atoms with Crippen LogP contribution in [0.15, 0.2) is 59.6 Å². The largest absolute Gasteiger partial charge is 0.492 e. The van der Waals surface area contributed by atoms with E-state index in [2.05, 4.69) is 15.6 Å². The molecule has 0 aliphatic rings. The third kappa shape index (κ3) is 8.46. The van der Waals surface area contributed by atoms with E-state index in [9.17, 15) is 0 Å². The molecule has 0 heterocycles. The van der Waals surface area contributed by atoms with Crippen molar-refractivity contribution in [3.63, 3.8) is 0 Å². The van der Waals surface area contributed by atoms with Gasteiger partial charge in [0.05, 0.1) is 19.7 Å². The van der Waals surface area contributed by atoms with Crippen molar-refractivity contribution in [3.05, 3.63) is 60.2 Å². The van der Waals surface area contributed by atoms with Crippen molar-refractivity contribution in [1.29, 1.82) is 0 Å². The summed E-state index contributed by atoms with van der Waals surface area (Å²) >= 11 is 0. The van der Waals surface area contributed by atoms with Crippen molar-refractivity contribution in [2.75, 3.05) is 40.0 Å². The number of nitrogens with one attached hydrogen (secondary N) is 2. The van der Waals surface area contributed by atoms with Gasteiger partial charge < -0.3 is 24.8 Å². The Morgan fingerprint density at radius 3 is 2.44 bits per heavy atom. The fourth-order valence-corrected chi connectivity index (χ4v) is 2.34. The Labute approximate surface area is 161 Å². The zero-order chi connectivity index (χ0) is 19.2. The normalized spacial score (nSPS) is 11.1. The minimum Gasteiger partial charge on any atom is -0.492 e. The third-order valence-corrected chi connectivity index (χ3v) is 3.63. The number of methoxy groups -OCH3 is 1. The number of benzene rings is 2. The van der Waals surface area contributed by atoms with Gasteiger partial charge in [-0.15, -0.1) is 0 Å². The highest BCUT2D eigenvalue weighted by molar-refractivity contribution is 5.79. The van der Waals surface area contributed by atoms with Crippen LogP contribution in [0.25, 0.3) is 0 Å². The molecule has 27 heavy (non-hydrogen) atoms. The van der Waals surface area contributed by atoms with Gasteiger partial charge in [-0.05, 0) is 36.8 Å². The molecule has 0 amide bonds. The summed E-state index contributed by atoms with van der Waals surface area (Å²) in [6, 6.07) is 17.7. The Hall–Kier alpha value is -2.73. The maximum Gasteiger partial charge on any atom is 0.191 e. The molecule has 0 fully saturated rings. The predicted octanol–water partition coefficient (Wildman–Crippen LogP) is 2.85. The monoisotopic (exact) mass is 371 g/mol. The summed E-state index contributed by atoms with van der Waals surface area (Å²) in [6.07, 6.45) is 0. The van der Waals surface area contributed by atoms with Crippen LogP contribution in [0, 0.1) is 0 Å². The Morgan fingerprint density at radius 1 is 0.889 bits per heavy atom. The standard InChI is InChI=1S/C21H29N3O3/c1-3-22-21(23-12-13-26-19-9-5-4-6-10-19)24-17-18-8-7-11-20(16-18)27-15-14-25-2/h4-11,16H,3,12-15,17H2,1-2H3,(H2,22,23,24). The van der Waals surface area contributed by atoms with E-state index in [1.54, 1.807) is 7.11 Å². The van der Waals surface area contributed by atoms with Crippen molar-refractivity contribution in [3.8, 4) is 11.5 Å². The first-order valence-electron chi connectivity index (χ1n) is 9.22. The lowest BCUT2D eigenvalue weighted by atomic mass is 10.2. The number of ether oxygens (including phenoxy) is 3. The van der Waals surface area contributed by atoms with Gasteiger partial charge in [-0.25, -0.2) is 4.99 Å². The lowest BCUT2D eigenvalue weighted by molar-refractivity contribution is 0.146. The summed E-state index contributed by atoms with van der Waals surface area (Å²) in [4.78, 5) is 4.62. The molecule has 2 N–H and O–H groups in total. The minimum absolute atomic E-state index is 0.537. The number of para-hydroxylation sites is 1. The van der Waals surface area contributed by atoms with Crippen molar-refractivity contribution >= 4 is 5.96 Å². The number of nitrogens with zero attached hydrogens (tertiary/aromatic N) is 1. The van der Waals surface area contributed by atoms with E-state index >= 15 is 0 Å². The van der Waals surface area contributed by atoms with E-state index in [0.717, 1.165) is 29.6 Å². The lowest BCUT2D eigenvalue weighted by Gasteiger charge is -2.12. The zero-order valence-corrected chi connectivity index (χ0v) is 16.1. The molecule has 0 saturated carbocycles. The molecule has 6 heteroatoms. The van der Waals surface area contributed by atoms with Crippen LogP contribution in [0.2, 0.25) is 0 Å². The highest BCUT2D eigenvalue weighted by atomic mass is 16.5. The van der Waals surface area contributed by atoms with Crippen LogP contribution in [0.4, 0.5) is 0 Å². The Morgan fingerprint density at radius 2 is 1.67 bits per heavy atom. The maximum absolute atomic E-state index is 5.69. The number of hydrogen-bond donors (Lipinski definition) is 2. The summed E-state index contributed by atoms with van der Waals surface area (Å²) in [7, 11) is 1.66. The summed E-state index contributed by atoms with van der Waals surface area (Å²) in [5, 5.41) is 6.53. The van der Waals surface area contributed by atoms with Crippen molar-refractivity contribution < 1.29 is 14.2 Å². The molecule has 0 aliphatic heterocycles. The van der Waals surface area contributed by atoms with Gasteiger partial charge in [0, 0.05) is 13.7 Å². The number of aliphatic imine (C=N–C) groups is 1. The molecule has 0 aliphatic carbocycles. The molecule has 6 nitrogen and oxygen atoms in total. The van der Waals surface area contributed by atoms with Crippen LogP contribution in [-0.2, 0) is 11.3 Å². The summed E-state index contributed by atoms with van der Waals surface area (Å²) in [5.41, 5.74) is 1.09. The highest BCUT2D eigenvalue weighted by Crippen LogP contribution is 2.14. The molecule has 0 unspecified atom stereocenters. The maximum atomic E-state index is 5.69. The summed E-state index contributed by atoms with van der Waals surface area (Å²) in [5.74, 6) is 2.46. The van der Waals surface area contributed by atoms with Crippen LogP contribution in [0.1, 0.15) is 12.5 Å². The quantitative estimate of drug-likeness (QED) is 0.361. The molecule has 2 rings (SSSR count). The fourth-order valence-electron chi connectivity index (χ4n) is 2.34. The van der Waals surface area contributed by atoms with Crippen molar-refractivity contribution in [2.45, 2.75) is 13.5 Å². The smallest absolute Gasteiger partial charge is 0.191 e. The minimum atomic E-state index is 0.537. The van der Waals surface area contributed by atoms with Crippen molar-refractivity contribution in [1.82, 2.24) is 10.6 Å². The average Bonchev–Trinajstić information content (AvgIpc) is 2.70. The molecule has 146 valence electrons. The Bertz CT molecular complexity index is 677. The lowest BCUT2D eigenvalue weighted by Crippen LogP contribution is -2.39. The zero-order valence-electron chi connectivity index (χ0n) is 16.1. The Balaban J connectivity index is 1.80. The van der Waals surface area contributed by atoms with E-state index in [1.807, 2.05) is 61.5 Å². The van der Waals surface area contributed by atoms with Crippen LogP contribution < -0.4 is 20.1 Å². The molecular weight excluding hydrogens is 342 g/mol. The first-order chi connectivity index (χ1) is 13.3. The molecule has 0 saturated heterocycles. The Kier molecular flexibility index (Phi) is 9.60. The summed E-state index contributed by atoms with van der Waals surface area (Å²) < 4.78 is 16.3. The fraction of sp³-hybridized carbons (Fsp3) is 0.381. The molecule has 0 aromatic heterocycles. The molecule has 0 radical (unpaired) electrons. The molecule has 0 bridgehead atoms. The second kappa shape index (κ2) is 12.6. The number of rotatable bonds is 11. The van der Waals surface area contributed by atoms with Gasteiger partial charge in [0.1, 0.15) is 24.7 Å². The molecule has 0 atom stereocenters. The van der Waals surface area contributed by atoms with Crippen LogP contribution in [0.3, 0.4) is 0 Å². The van der Waals surface area contributed by atoms with Crippen LogP contribution in [-0.4, -0.2) is 46.0 Å². The van der Waals surface area contributed by atoms with E-state index in [1.165, 1.54) is 0 Å². The van der Waals surface area contributed by atoms with E-state index in [4.69, 9.17) is 14.2 Å². The van der Waals surface area contributed by atoms with Gasteiger partial charge in [-0.2, -0.15) is 0 Å². The first-order valence-corrected chi connectivity index (χ1v) is 9.22. The van der Waals surface area contributed by atoms with E-state index in [-0.39, 0.29) is 0 Å². The first kappa shape index (κ1) is 20.6. The second-order valence-corrected chi connectivity index (χ2v) is 5.77. The average molecular weight is 371 g/mol. The van der Waals surface area contributed by atoms with E-state index < -0.39 is 0 Å². The van der Waals surface area contributed by atoms with Gasteiger partial charge in [0.2, 0.25) is 0 Å². The SMILES string of the molecule is CCNC(=NCc1cccc(OCCOC)c1)NCCOc1ccccc1. The molecule has 2 aromatic rings. The van der Waals surface area contributed by atoms with E-state index in [0.29, 0.717) is 32.9 Å². The summed E-state index contributed by atoms with van der Waals surface area (Å²) in [6.45, 7) is 5.75. The number of hydrogen-bond acceptors (Lipinski definition) is 4. The van der Waals surface area contributed by atoms with Gasteiger partial charge in [-0.3, -0.25) is 0 Å². The predicted molar refractivity (Wildman–Crippen MR) is 109 cm³/mol. The van der Waals surface area contributed by atoms with Crippen molar-refractivity contribution in [2.24, 2.45) is 4.99 Å². The topological polar surface area (TPSA) is 64.1 Å². The highest BCUT2D eigenvalue weighted by Gasteiger charge is 2.00. The second-order valence-electron chi connectivity index (χ2n) is 5.77. The van der Waals surface area contributed by atoms with Gasteiger partial charge in [0.25, 0.3) is 0 Å². The van der Waals surface area contributed by atoms with Gasteiger partial charge in [0.15, 0.2) is 5.96 Å². The van der Waals surface area contributed by atoms with Crippen LogP contribution >= 0.6 is 0 Å². The molecule has 2 aromatic carbocycles.